The fraction of sp³-hybridized carbons (Fsp3) is 0.889. The highest BCUT2D eigenvalue weighted by atomic mass is 32.2. The van der Waals surface area contributed by atoms with Crippen LogP contribution in [0.5, 0.6) is 0 Å². The lowest BCUT2D eigenvalue weighted by molar-refractivity contribution is -0.119. The van der Waals surface area contributed by atoms with Gasteiger partial charge in [0.15, 0.2) is 0 Å². The van der Waals surface area contributed by atoms with E-state index in [1.54, 1.807) is 0 Å². The summed E-state index contributed by atoms with van der Waals surface area (Å²) in [7, 11) is 0. The molecular formula is C18H34N4O4S. The molecule has 9 heteroatoms. The number of amides is 2. The zero-order valence-electron chi connectivity index (χ0n) is 16.2. The number of carbonyl (C=O) groups is 2. The van der Waals surface area contributed by atoms with E-state index < -0.39 is 0 Å². The van der Waals surface area contributed by atoms with Crippen LogP contribution in [0.3, 0.4) is 0 Å². The minimum absolute atomic E-state index is 0.0107. The van der Waals surface area contributed by atoms with E-state index in [4.69, 9.17) is 9.47 Å². The molecule has 27 heavy (non-hydrogen) atoms. The van der Waals surface area contributed by atoms with Gasteiger partial charge in [-0.25, -0.2) is 0 Å². The standard InChI is InChI=1S/C18H34N4O4S/c23-17(19-3-7-21-5-1-11-25-13-9-21)15-27-16-18(24)20-4-8-22-6-2-12-26-14-10-22/h1-16H2,(H,19,23)(H,20,24). The molecule has 0 aromatic carbocycles. The van der Waals surface area contributed by atoms with E-state index in [0.29, 0.717) is 24.6 Å². The predicted molar refractivity (Wildman–Crippen MR) is 107 cm³/mol. The molecule has 2 aliphatic rings. The van der Waals surface area contributed by atoms with Gasteiger partial charge in [-0.05, 0) is 12.8 Å². The van der Waals surface area contributed by atoms with Crippen molar-refractivity contribution >= 4 is 23.6 Å². The highest BCUT2D eigenvalue weighted by molar-refractivity contribution is 8.00. The molecule has 2 rings (SSSR count). The molecule has 0 aromatic heterocycles. The van der Waals surface area contributed by atoms with Crippen molar-refractivity contribution in [3.05, 3.63) is 0 Å². The molecule has 156 valence electrons. The van der Waals surface area contributed by atoms with Gasteiger partial charge in [0.05, 0.1) is 24.7 Å². The van der Waals surface area contributed by atoms with Gasteiger partial charge in [0.2, 0.25) is 11.8 Å². The zero-order chi connectivity index (χ0) is 19.2. The molecule has 0 atom stereocenters. The number of hydrogen-bond acceptors (Lipinski definition) is 7. The predicted octanol–water partition coefficient (Wildman–Crippen LogP) is -0.603. The summed E-state index contributed by atoms with van der Waals surface area (Å²) < 4.78 is 10.8. The molecule has 2 saturated heterocycles. The van der Waals surface area contributed by atoms with E-state index in [1.807, 2.05) is 0 Å². The molecule has 2 aliphatic heterocycles. The van der Waals surface area contributed by atoms with Crippen molar-refractivity contribution in [3.8, 4) is 0 Å². The molecule has 0 saturated carbocycles. The third kappa shape index (κ3) is 10.9. The van der Waals surface area contributed by atoms with Crippen molar-refractivity contribution in [2.75, 3.05) is 90.3 Å². The van der Waals surface area contributed by atoms with Gasteiger partial charge < -0.3 is 20.1 Å². The third-order valence-corrected chi connectivity index (χ3v) is 5.53. The molecular weight excluding hydrogens is 368 g/mol. The molecule has 2 N–H and O–H groups in total. The average Bonchev–Trinajstić information content (AvgIpc) is 3.07. The number of hydrogen-bond donors (Lipinski definition) is 2. The van der Waals surface area contributed by atoms with Crippen LogP contribution in [0.4, 0.5) is 0 Å². The molecule has 2 fully saturated rings. The van der Waals surface area contributed by atoms with Gasteiger partial charge in [0.25, 0.3) is 0 Å². The minimum Gasteiger partial charge on any atom is -0.380 e. The van der Waals surface area contributed by atoms with Crippen LogP contribution in [0.2, 0.25) is 0 Å². The summed E-state index contributed by atoms with van der Waals surface area (Å²) >= 11 is 1.36. The lowest BCUT2D eigenvalue weighted by atomic mass is 10.4. The second kappa shape index (κ2) is 14.2. The van der Waals surface area contributed by atoms with Crippen molar-refractivity contribution < 1.29 is 19.1 Å². The largest absolute Gasteiger partial charge is 0.380 e. The van der Waals surface area contributed by atoms with Gasteiger partial charge >= 0.3 is 0 Å². The molecule has 0 unspecified atom stereocenters. The van der Waals surface area contributed by atoms with Crippen LogP contribution in [0.25, 0.3) is 0 Å². The number of rotatable bonds is 10. The first-order valence-electron chi connectivity index (χ1n) is 9.95. The Bertz CT molecular complexity index is 388. The van der Waals surface area contributed by atoms with Gasteiger partial charge in [-0.15, -0.1) is 11.8 Å². The smallest absolute Gasteiger partial charge is 0.230 e. The maximum absolute atomic E-state index is 11.9. The van der Waals surface area contributed by atoms with E-state index in [1.165, 1.54) is 11.8 Å². The zero-order valence-corrected chi connectivity index (χ0v) is 17.1. The summed E-state index contributed by atoms with van der Waals surface area (Å²) in [5, 5.41) is 5.85. The third-order valence-electron chi connectivity index (χ3n) is 4.60. The van der Waals surface area contributed by atoms with Crippen LogP contribution in [0, 0.1) is 0 Å². The van der Waals surface area contributed by atoms with Crippen molar-refractivity contribution in [1.82, 2.24) is 20.4 Å². The topological polar surface area (TPSA) is 83.1 Å². The van der Waals surface area contributed by atoms with Crippen LogP contribution in [-0.4, -0.2) is 112 Å². The summed E-state index contributed by atoms with van der Waals surface area (Å²) in [6, 6.07) is 0. The maximum Gasteiger partial charge on any atom is 0.230 e. The van der Waals surface area contributed by atoms with Gasteiger partial charge in [0, 0.05) is 65.6 Å². The Balaban J connectivity index is 1.43. The average molecular weight is 403 g/mol. The van der Waals surface area contributed by atoms with Gasteiger partial charge in [-0.3, -0.25) is 19.4 Å². The Morgan fingerprint density at radius 3 is 1.70 bits per heavy atom. The fourth-order valence-electron chi connectivity index (χ4n) is 3.09. The molecule has 0 spiro atoms. The minimum atomic E-state index is -0.0107. The molecule has 0 bridgehead atoms. The van der Waals surface area contributed by atoms with Gasteiger partial charge in [-0.2, -0.15) is 0 Å². The Morgan fingerprint density at radius 2 is 1.22 bits per heavy atom. The molecule has 0 aliphatic carbocycles. The van der Waals surface area contributed by atoms with Crippen molar-refractivity contribution in [1.29, 1.82) is 0 Å². The van der Waals surface area contributed by atoms with Crippen LogP contribution >= 0.6 is 11.8 Å². The van der Waals surface area contributed by atoms with Crippen molar-refractivity contribution in [2.45, 2.75) is 12.8 Å². The van der Waals surface area contributed by atoms with E-state index >= 15 is 0 Å². The highest BCUT2D eigenvalue weighted by Crippen LogP contribution is 2.01. The monoisotopic (exact) mass is 402 g/mol. The lowest BCUT2D eigenvalue weighted by Crippen LogP contribution is -2.38. The van der Waals surface area contributed by atoms with Crippen LogP contribution in [-0.2, 0) is 19.1 Å². The fourth-order valence-corrected chi connectivity index (χ4v) is 3.77. The summed E-state index contributed by atoms with van der Waals surface area (Å²) in [5.74, 6) is 0.617. The first-order valence-corrected chi connectivity index (χ1v) is 11.1. The second-order valence-corrected chi connectivity index (χ2v) is 7.79. The summed E-state index contributed by atoms with van der Waals surface area (Å²) in [4.78, 5) is 28.3. The van der Waals surface area contributed by atoms with E-state index in [2.05, 4.69) is 20.4 Å². The summed E-state index contributed by atoms with van der Waals surface area (Å²) in [6.45, 7) is 10.1. The quantitative estimate of drug-likeness (QED) is 0.505. The van der Waals surface area contributed by atoms with Crippen LogP contribution < -0.4 is 10.6 Å². The first kappa shape index (κ1) is 22.4. The molecule has 2 heterocycles. The van der Waals surface area contributed by atoms with Gasteiger partial charge in [-0.1, -0.05) is 0 Å². The van der Waals surface area contributed by atoms with Crippen LogP contribution in [0.1, 0.15) is 12.8 Å². The Morgan fingerprint density at radius 1 is 0.741 bits per heavy atom. The molecule has 8 nitrogen and oxygen atoms in total. The normalized spacial score (nSPS) is 19.9. The number of ether oxygens (including phenoxy) is 2. The van der Waals surface area contributed by atoms with E-state index in [9.17, 15) is 9.59 Å². The van der Waals surface area contributed by atoms with E-state index in [0.717, 1.165) is 78.5 Å². The first-order chi connectivity index (χ1) is 13.2. The Kier molecular flexibility index (Phi) is 11.8. The van der Waals surface area contributed by atoms with Crippen LogP contribution in [0.15, 0.2) is 0 Å². The van der Waals surface area contributed by atoms with Crippen molar-refractivity contribution in [3.63, 3.8) is 0 Å². The lowest BCUT2D eigenvalue weighted by Gasteiger charge is -2.19. The maximum atomic E-state index is 11.9. The van der Waals surface area contributed by atoms with Crippen molar-refractivity contribution in [2.24, 2.45) is 0 Å². The summed E-state index contributed by atoms with van der Waals surface area (Å²) in [6.07, 6.45) is 2.09. The molecule has 2 amide bonds. The summed E-state index contributed by atoms with van der Waals surface area (Å²) in [5.41, 5.74) is 0. The second-order valence-electron chi connectivity index (χ2n) is 6.81. The van der Waals surface area contributed by atoms with E-state index in [-0.39, 0.29) is 11.8 Å². The number of nitrogens with zero attached hydrogens (tertiary/aromatic N) is 2. The molecule has 0 radical (unpaired) electrons. The Hall–Kier alpha value is -0.870. The molecule has 0 aromatic rings. The SMILES string of the molecule is O=C(CSCC(=O)NCCN1CCCOCC1)NCCN1CCCOCC1. The Labute approximate surface area is 166 Å². The number of carbonyl (C=O) groups excluding carboxylic acids is 2. The number of thioether (sulfide) groups is 1. The van der Waals surface area contributed by atoms with Gasteiger partial charge in [0.1, 0.15) is 0 Å². The number of nitrogens with one attached hydrogen (secondary N) is 2. The highest BCUT2D eigenvalue weighted by Gasteiger charge is 2.11.